The minimum Gasteiger partial charge on any atom is -0.394 e. The van der Waals surface area contributed by atoms with Gasteiger partial charge in [-0.15, -0.1) is 11.8 Å². The minimum atomic E-state index is -0.789. The number of hydrogen-bond acceptors (Lipinski definition) is 5. The molecule has 33 heavy (non-hydrogen) atoms. The van der Waals surface area contributed by atoms with E-state index in [0.29, 0.717) is 32.6 Å². The van der Waals surface area contributed by atoms with Gasteiger partial charge in [0.05, 0.1) is 29.2 Å². The number of thioether (sulfide) groups is 1. The summed E-state index contributed by atoms with van der Waals surface area (Å²) in [5.74, 6) is -1.28. The van der Waals surface area contributed by atoms with Crippen LogP contribution < -0.4 is 0 Å². The Morgan fingerprint density at radius 2 is 1.76 bits per heavy atom. The molecule has 0 aromatic heterocycles. The fraction of sp³-hybridized carbons (Fsp3) is 0.720. The Morgan fingerprint density at radius 1 is 1.03 bits per heavy atom. The van der Waals surface area contributed by atoms with Crippen molar-refractivity contribution in [3.05, 3.63) is 24.3 Å². The smallest absolute Gasteiger partial charge is 0.247 e. The molecule has 8 heteroatoms. The highest BCUT2D eigenvalue weighted by atomic mass is 32.2. The standard InChI is InChI=1S/C25H37N3O4S/c1-4-7-13-27-15-9-11-25-20(23(31)28(17(6-3)16-29)21(25)24(27)32)19-18(33-25)10-8-14-26(12-5-2)22(19)30/h8-11,17-21,29H,4-7,12-16H2,1-3H3/t17-,18-,19+,20-,21?,25-/m0/s1. The summed E-state index contributed by atoms with van der Waals surface area (Å²) < 4.78 is -0.789. The number of hydrogen-bond donors (Lipinski definition) is 1. The molecule has 0 bridgehead atoms. The number of amides is 3. The van der Waals surface area contributed by atoms with Crippen molar-refractivity contribution in [2.45, 2.75) is 68.5 Å². The summed E-state index contributed by atoms with van der Waals surface area (Å²) in [5, 5.41) is 10.00. The van der Waals surface area contributed by atoms with E-state index in [-0.39, 0.29) is 29.6 Å². The summed E-state index contributed by atoms with van der Waals surface area (Å²) in [6, 6.07) is -1.13. The molecule has 4 heterocycles. The Morgan fingerprint density at radius 3 is 2.42 bits per heavy atom. The number of nitrogens with zero attached hydrogens (tertiary/aromatic N) is 3. The Hall–Kier alpha value is -1.80. The van der Waals surface area contributed by atoms with E-state index in [0.717, 1.165) is 19.3 Å². The van der Waals surface area contributed by atoms with Crippen LogP contribution in [-0.4, -0.2) is 92.4 Å². The number of carbonyl (C=O) groups excluding carboxylic acids is 3. The topological polar surface area (TPSA) is 81.2 Å². The molecule has 1 unspecified atom stereocenters. The zero-order valence-electron chi connectivity index (χ0n) is 20.0. The zero-order chi connectivity index (χ0) is 23.8. The summed E-state index contributed by atoms with van der Waals surface area (Å²) in [5.41, 5.74) is 0. The molecule has 4 aliphatic heterocycles. The summed E-state index contributed by atoms with van der Waals surface area (Å²) in [7, 11) is 0. The molecule has 0 radical (unpaired) electrons. The van der Waals surface area contributed by atoms with Gasteiger partial charge in [-0.05, 0) is 19.3 Å². The van der Waals surface area contributed by atoms with Crippen LogP contribution in [0, 0.1) is 11.8 Å². The van der Waals surface area contributed by atoms with Crippen LogP contribution in [0.25, 0.3) is 0 Å². The Balaban J connectivity index is 1.81. The van der Waals surface area contributed by atoms with E-state index in [1.807, 2.05) is 35.8 Å². The lowest BCUT2D eigenvalue weighted by atomic mass is 9.78. The third-order valence-corrected chi connectivity index (χ3v) is 9.36. The Bertz CT molecular complexity index is 842. The van der Waals surface area contributed by atoms with Gasteiger partial charge in [-0.25, -0.2) is 0 Å². The number of carbonyl (C=O) groups is 3. The SMILES string of the molecule is CCCCN1CC=C[C@]23S[C@H]4C=CCN(CCC)C(=O)[C@H]4[C@H]2C(=O)N([C@@H](CC)CO)C3C1=O. The summed E-state index contributed by atoms with van der Waals surface area (Å²) >= 11 is 1.61. The highest BCUT2D eigenvalue weighted by molar-refractivity contribution is 8.02. The van der Waals surface area contributed by atoms with Gasteiger partial charge in [0.2, 0.25) is 17.7 Å². The maximum absolute atomic E-state index is 14.1. The van der Waals surface area contributed by atoms with Crippen molar-refractivity contribution < 1.29 is 19.5 Å². The van der Waals surface area contributed by atoms with Gasteiger partial charge >= 0.3 is 0 Å². The molecule has 0 aliphatic carbocycles. The normalized spacial score (nSPS) is 34.3. The average Bonchev–Trinajstić information content (AvgIpc) is 3.13. The van der Waals surface area contributed by atoms with Crippen LogP contribution >= 0.6 is 11.8 Å². The van der Waals surface area contributed by atoms with Crippen molar-refractivity contribution >= 4 is 29.5 Å². The van der Waals surface area contributed by atoms with Crippen LogP contribution in [0.5, 0.6) is 0 Å². The van der Waals surface area contributed by atoms with E-state index >= 15 is 0 Å². The molecule has 4 rings (SSSR count). The molecule has 0 saturated carbocycles. The first kappa shape index (κ1) is 24.3. The minimum absolute atomic E-state index is 0.0140. The van der Waals surface area contributed by atoms with Crippen LogP contribution in [0.15, 0.2) is 24.3 Å². The number of rotatable bonds is 8. The van der Waals surface area contributed by atoms with E-state index in [2.05, 4.69) is 19.1 Å². The second-order valence-electron chi connectivity index (χ2n) is 9.58. The van der Waals surface area contributed by atoms with Crippen LogP contribution in [0.2, 0.25) is 0 Å². The second kappa shape index (κ2) is 9.82. The van der Waals surface area contributed by atoms with Gasteiger partial charge in [0.15, 0.2) is 0 Å². The van der Waals surface area contributed by atoms with E-state index in [9.17, 15) is 19.5 Å². The molecule has 182 valence electrons. The molecule has 4 aliphatic rings. The van der Waals surface area contributed by atoms with Gasteiger partial charge < -0.3 is 19.8 Å². The first-order valence-corrected chi connectivity index (χ1v) is 13.4. The summed E-state index contributed by atoms with van der Waals surface area (Å²) in [4.78, 5) is 47.1. The maximum Gasteiger partial charge on any atom is 0.247 e. The number of aliphatic hydroxyl groups excluding tert-OH is 1. The molecule has 0 aromatic rings. The largest absolute Gasteiger partial charge is 0.394 e. The molecule has 1 N–H and O–H groups in total. The number of fused-ring (bicyclic) bond motifs is 2. The number of likely N-dealkylation sites (tertiary alicyclic amines) is 1. The zero-order valence-corrected chi connectivity index (χ0v) is 20.8. The fourth-order valence-corrected chi connectivity index (χ4v) is 8.00. The maximum atomic E-state index is 14.1. The molecular weight excluding hydrogens is 438 g/mol. The molecule has 1 spiro atoms. The fourth-order valence-electron chi connectivity index (χ4n) is 6.00. The lowest BCUT2D eigenvalue weighted by Gasteiger charge is -2.38. The van der Waals surface area contributed by atoms with Crippen LogP contribution in [-0.2, 0) is 14.4 Å². The van der Waals surface area contributed by atoms with Crippen molar-refractivity contribution in [1.82, 2.24) is 14.7 Å². The first-order valence-electron chi connectivity index (χ1n) is 12.5. The first-order chi connectivity index (χ1) is 15.9. The van der Waals surface area contributed by atoms with Gasteiger partial charge in [-0.2, -0.15) is 0 Å². The van der Waals surface area contributed by atoms with Gasteiger partial charge in [-0.3, -0.25) is 14.4 Å². The van der Waals surface area contributed by atoms with Crippen molar-refractivity contribution in [1.29, 1.82) is 0 Å². The van der Waals surface area contributed by atoms with Crippen molar-refractivity contribution in [2.75, 3.05) is 32.8 Å². The number of unbranched alkanes of at least 4 members (excludes halogenated alkanes) is 1. The van der Waals surface area contributed by atoms with Crippen molar-refractivity contribution in [3.8, 4) is 0 Å². The van der Waals surface area contributed by atoms with Crippen LogP contribution in [0.4, 0.5) is 0 Å². The Kier molecular flexibility index (Phi) is 7.24. The van der Waals surface area contributed by atoms with E-state index in [1.54, 1.807) is 16.7 Å². The van der Waals surface area contributed by atoms with Crippen LogP contribution in [0.3, 0.4) is 0 Å². The lowest BCUT2D eigenvalue weighted by Crippen LogP contribution is -2.56. The summed E-state index contributed by atoms with van der Waals surface area (Å²) in [6.07, 6.45) is 11.5. The van der Waals surface area contributed by atoms with E-state index < -0.39 is 28.7 Å². The van der Waals surface area contributed by atoms with Crippen molar-refractivity contribution in [2.24, 2.45) is 11.8 Å². The predicted molar refractivity (Wildman–Crippen MR) is 130 cm³/mol. The van der Waals surface area contributed by atoms with E-state index in [1.165, 1.54) is 0 Å². The summed E-state index contributed by atoms with van der Waals surface area (Å²) in [6.45, 7) is 8.27. The molecule has 6 atom stereocenters. The van der Waals surface area contributed by atoms with Gasteiger partial charge in [0, 0.05) is 31.4 Å². The molecule has 3 amide bonds. The lowest BCUT2D eigenvalue weighted by molar-refractivity contribution is -0.146. The quantitative estimate of drug-likeness (QED) is 0.544. The highest BCUT2D eigenvalue weighted by Crippen LogP contribution is 2.61. The van der Waals surface area contributed by atoms with Crippen molar-refractivity contribution in [3.63, 3.8) is 0 Å². The third kappa shape index (κ3) is 3.83. The van der Waals surface area contributed by atoms with Gasteiger partial charge in [-0.1, -0.05) is 51.5 Å². The monoisotopic (exact) mass is 475 g/mol. The van der Waals surface area contributed by atoms with E-state index in [4.69, 9.17) is 0 Å². The van der Waals surface area contributed by atoms with Gasteiger partial charge in [0.1, 0.15) is 6.04 Å². The molecule has 2 fully saturated rings. The predicted octanol–water partition coefficient (Wildman–Crippen LogP) is 2.06. The Labute approximate surface area is 201 Å². The molecular formula is C25H37N3O4S. The highest BCUT2D eigenvalue weighted by Gasteiger charge is 2.71. The second-order valence-corrected chi connectivity index (χ2v) is 11.1. The molecule has 2 saturated heterocycles. The average molecular weight is 476 g/mol. The third-order valence-electron chi connectivity index (χ3n) is 7.61. The molecule has 7 nitrogen and oxygen atoms in total. The van der Waals surface area contributed by atoms with Gasteiger partial charge in [0.25, 0.3) is 0 Å². The number of aliphatic hydroxyl groups is 1. The molecule has 0 aromatic carbocycles. The van der Waals surface area contributed by atoms with Crippen LogP contribution in [0.1, 0.15) is 46.5 Å².